The number of thiocarbonyl (C=S) groups is 1. The van der Waals surface area contributed by atoms with Crippen molar-refractivity contribution in [3.8, 4) is 0 Å². The molecule has 0 amide bonds. The van der Waals surface area contributed by atoms with E-state index in [2.05, 4.69) is 47.8 Å². The second kappa shape index (κ2) is 6.36. The first-order valence-corrected chi connectivity index (χ1v) is 6.96. The molecule has 0 saturated heterocycles. The van der Waals surface area contributed by atoms with Crippen LogP contribution in [-0.4, -0.2) is 18.6 Å². The van der Waals surface area contributed by atoms with E-state index >= 15 is 0 Å². The molecule has 0 fully saturated rings. The summed E-state index contributed by atoms with van der Waals surface area (Å²) in [5.74, 6) is 0.655. The van der Waals surface area contributed by atoms with Crippen LogP contribution in [0.2, 0.25) is 0 Å². The Labute approximate surface area is 117 Å². The number of hydrogen-bond acceptors (Lipinski definition) is 2. The third kappa shape index (κ3) is 3.96. The zero-order chi connectivity index (χ0) is 13.0. The van der Waals surface area contributed by atoms with Crippen LogP contribution in [0.4, 0.5) is 5.69 Å². The van der Waals surface area contributed by atoms with Crippen LogP contribution in [0.1, 0.15) is 25.8 Å². The van der Waals surface area contributed by atoms with Gasteiger partial charge in [-0.1, -0.05) is 48.4 Å². The minimum Gasteiger partial charge on any atom is -0.389 e. The third-order valence-corrected chi connectivity index (χ3v) is 3.63. The topological polar surface area (TPSA) is 29.3 Å². The van der Waals surface area contributed by atoms with Gasteiger partial charge in [0.1, 0.15) is 4.99 Å². The van der Waals surface area contributed by atoms with E-state index in [4.69, 9.17) is 18.0 Å². The van der Waals surface area contributed by atoms with Crippen molar-refractivity contribution in [3.05, 3.63) is 28.2 Å². The Morgan fingerprint density at radius 1 is 1.53 bits per heavy atom. The average molecular weight is 315 g/mol. The summed E-state index contributed by atoms with van der Waals surface area (Å²) in [4.78, 5) is 2.66. The fourth-order valence-electron chi connectivity index (χ4n) is 1.73. The van der Waals surface area contributed by atoms with Gasteiger partial charge in [-0.05, 0) is 24.1 Å². The van der Waals surface area contributed by atoms with E-state index in [1.54, 1.807) is 0 Å². The molecule has 0 aliphatic heterocycles. The lowest BCUT2D eigenvalue weighted by atomic mass is 10.1. The monoisotopic (exact) mass is 314 g/mol. The molecule has 1 rings (SSSR count). The minimum absolute atomic E-state index is 0.442. The first-order valence-electron chi connectivity index (χ1n) is 5.76. The highest BCUT2D eigenvalue weighted by atomic mass is 79.9. The molecule has 4 heteroatoms. The molecule has 0 radical (unpaired) electrons. The van der Waals surface area contributed by atoms with Gasteiger partial charge < -0.3 is 10.6 Å². The summed E-state index contributed by atoms with van der Waals surface area (Å²) in [5, 5.41) is 0. The molecule has 1 aromatic rings. The van der Waals surface area contributed by atoms with Crippen molar-refractivity contribution in [2.24, 2.45) is 11.7 Å². The van der Waals surface area contributed by atoms with Gasteiger partial charge in [-0.15, -0.1) is 0 Å². The highest BCUT2D eigenvalue weighted by Crippen LogP contribution is 2.24. The Morgan fingerprint density at radius 3 is 2.71 bits per heavy atom. The van der Waals surface area contributed by atoms with Gasteiger partial charge in [0.15, 0.2) is 0 Å². The molecule has 17 heavy (non-hydrogen) atoms. The Kier molecular flexibility index (Phi) is 5.40. The van der Waals surface area contributed by atoms with Gasteiger partial charge in [0.05, 0.1) is 0 Å². The van der Waals surface area contributed by atoms with Crippen molar-refractivity contribution in [1.82, 2.24) is 0 Å². The highest BCUT2D eigenvalue weighted by molar-refractivity contribution is 9.10. The smallest absolute Gasteiger partial charge is 0.106 e. The molecular formula is C13H19BrN2S. The second-order valence-electron chi connectivity index (χ2n) is 4.42. The zero-order valence-electron chi connectivity index (χ0n) is 10.5. The number of nitrogens with zero attached hydrogens (tertiary/aromatic N) is 1. The van der Waals surface area contributed by atoms with Crippen molar-refractivity contribution in [1.29, 1.82) is 0 Å². The van der Waals surface area contributed by atoms with Crippen LogP contribution in [0, 0.1) is 5.92 Å². The summed E-state index contributed by atoms with van der Waals surface area (Å²) in [6.45, 7) is 5.46. The quantitative estimate of drug-likeness (QED) is 0.842. The molecular weight excluding hydrogens is 296 g/mol. The van der Waals surface area contributed by atoms with Crippen molar-refractivity contribution in [2.45, 2.75) is 20.3 Å². The fraction of sp³-hybridized carbons (Fsp3) is 0.462. The summed E-state index contributed by atoms with van der Waals surface area (Å²) in [7, 11) is 2.08. The van der Waals surface area contributed by atoms with Gasteiger partial charge in [0.25, 0.3) is 0 Å². The van der Waals surface area contributed by atoms with Gasteiger partial charge in [-0.2, -0.15) is 0 Å². The van der Waals surface area contributed by atoms with E-state index in [1.807, 2.05) is 12.1 Å². The molecule has 0 aliphatic carbocycles. The standard InChI is InChI=1S/C13H19BrN2S/c1-4-9(2)8-16(3)12-6-5-10(14)7-11(12)13(15)17/h5-7,9H,4,8H2,1-3H3,(H2,15,17). The maximum Gasteiger partial charge on any atom is 0.106 e. The van der Waals surface area contributed by atoms with Crippen molar-refractivity contribution >= 4 is 38.8 Å². The molecule has 0 aliphatic rings. The summed E-state index contributed by atoms with van der Waals surface area (Å²) < 4.78 is 1.00. The number of benzene rings is 1. The molecule has 0 saturated carbocycles. The van der Waals surface area contributed by atoms with Gasteiger partial charge >= 0.3 is 0 Å². The van der Waals surface area contributed by atoms with Crippen LogP contribution in [0.5, 0.6) is 0 Å². The van der Waals surface area contributed by atoms with E-state index < -0.39 is 0 Å². The number of halogens is 1. The Hall–Kier alpha value is -0.610. The predicted octanol–water partition coefficient (Wildman–Crippen LogP) is 3.57. The number of hydrogen-bond donors (Lipinski definition) is 1. The van der Waals surface area contributed by atoms with Crippen molar-refractivity contribution in [3.63, 3.8) is 0 Å². The van der Waals surface area contributed by atoms with Gasteiger partial charge in [0.2, 0.25) is 0 Å². The number of nitrogens with two attached hydrogens (primary N) is 1. The van der Waals surface area contributed by atoms with Crippen LogP contribution in [0.3, 0.4) is 0 Å². The molecule has 2 N–H and O–H groups in total. The first-order chi connectivity index (χ1) is 7.95. The van der Waals surface area contributed by atoms with Gasteiger partial charge in [-0.3, -0.25) is 0 Å². The normalized spacial score (nSPS) is 12.2. The van der Waals surface area contributed by atoms with Crippen LogP contribution in [0.15, 0.2) is 22.7 Å². The fourth-order valence-corrected chi connectivity index (χ4v) is 2.26. The molecule has 94 valence electrons. The molecule has 0 aromatic heterocycles. The largest absolute Gasteiger partial charge is 0.389 e. The predicted molar refractivity (Wildman–Crippen MR) is 82.8 cm³/mol. The third-order valence-electron chi connectivity index (χ3n) is 2.92. The number of rotatable bonds is 5. The van der Waals surface area contributed by atoms with Crippen LogP contribution < -0.4 is 10.6 Å². The molecule has 2 nitrogen and oxygen atoms in total. The van der Waals surface area contributed by atoms with E-state index in [0.29, 0.717) is 10.9 Å². The maximum atomic E-state index is 5.77. The van der Waals surface area contributed by atoms with Gasteiger partial charge in [0, 0.05) is 29.3 Å². The van der Waals surface area contributed by atoms with Crippen LogP contribution >= 0.6 is 28.1 Å². The Balaban J connectivity index is 3.00. The second-order valence-corrected chi connectivity index (χ2v) is 5.78. The SMILES string of the molecule is CCC(C)CN(C)c1ccc(Br)cc1C(N)=S. The summed E-state index contributed by atoms with van der Waals surface area (Å²) in [6, 6.07) is 6.05. The van der Waals surface area contributed by atoms with E-state index in [1.165, 1.54) is 6.42 Å². The Bertz CT molecular complexity index is 406. The molecule has 1 aromatic carbocycles. The zero-order valence-corrected chi connectivity index (χ0v) is 12.9. The average Bonchev–Trinajstić information content (AvgIpc) is 2.28. The summed E-state index contributed by atoms with van der Waals surface area (Å²) in [5.41, 5.74) is 7.80. The lowest BCUT2D eigenvalue weighted by Gasteiger charge is -2.25. The summed E-state index contributed by atoms with van der Waals surface area (Å²) >= 11 is 8.55. The van der Waals surface area contributed by atoms with Crippen LogP contribution in [0.25, 0.3) is 0 Å². The lowest BCUT2D eigenvalue weighted by Crippen LogP contribution is -2.26. The molecule has 0 spiro atoms. The van der Waals surface area contributed by atoms with E-state index in [9.17, 15) is 0 Å². The molecule has 0 bridgehead atoms. The molecule has 1 atom stereocenters. The Morgan fingerprint density at radius 2 is 2.18 bits per heavy atom. The molecule has 1 unspecified atom stereocenters. The lowest BCUT2D eigenvalue weighted by molar-refractivity contribution is 0.560. The van der Waals surface area contributed by atoms with Gasteiger partial charge in [-0.25, -0.2) is 0 Å². The van der Waals surface area contributed by atoms with Crippen LogP contribution in [-0.2, 0) is 0 Å². The van der Waals surface area contributed by atoms with Crippen molar-refractivity contribution < 1.29 is 0 Å². The molecule has 0 heterocycles. The van der Waals surface area contributed by atoms with E-state index in [0.717, 1.165) is 22.3 Å². The maximum absolute atomic E-state index is 5.77. The first kappa shape index (κ1) is 14.5. The summed E-state index contributed by atoms with van der Waals surface area (Å²) in [6.07, 6.45) is 1.17. The van der Waals surface area contributed by atoms with E-state index in [-0.39, 0.29) is 0 Å². The number of anilines is 1. The highest BCUT2D eigenvalue weighted by Gasteiger charge is 2.12. The minimum atomic E-state index is 0.442. The van der Waals surface area contributed by atoms with Crippen molar-refractivity contribution in [2.75, 3.05) is 18.5 Å².